The topological polar surface area (TPSA) is 72.2 Å². The fraction of sp³-hybridized carbons (Fsp3) is 0.500. The standard InChI is InChI=1S/C14H19ClN2O3/c1-10(2)5-3-4-8-16-14(18)12-9-11(15)6-7-13(12)17(19)20/h6-7,9-10H,3-5,8H2,1-2H3,(H,16,18). The summed E-state index contributed by atoms with van der Waals surface area (Å²) in [6, 6.07) is 3.97. The zero-order valence-corrected chi connectivity index (χ0v) is 12.4. The van der Waals surface area contributed by atoms with Crippen LogP contribution in [0.4, 0.5) is 5.69 Å². The van der Waals surface area contributed by atoms with Crippen LogP contribution in [0.1, 0.15) is 43.5 Å². The summed E-state index contributed by atoms with van der Waals surface area (Å²) < 4.78 is 0. The monoisotopic (exact) mass is 298 g/mol. The van der Waals surface area contributed by atoms with Crippen LogP contribution in [0.2, 0.25) is 5.02 Å². The van der Waals surface area contributed by atoms with Crippen LogP contribution in [0.5, 0.6) is 0 Å². The van der Waals surface area contributed by atoms with Crippen LogP contribution in [-0.2, 0) is 0 Å². The highest BCUT2D eigenvalue weighted by Crippen LogP contribution is 2.22. The van der Waals surface area contributed by atoms with Crippen LogP contribution in [0.15, 0.2) is 18.2 Å². The fourth-order valence-electron chi connectivity index (χ4n) is 1.82. The van der Waals surface area contributed by atoms with Crippen LogP contribution < -0.4 is 5.32 Å². The summed E-state index contributed by atoms with van der Waals surface area (Å²) in [5, 5.41) is 13.9. The number of nitrogens with one attached hydrogen (secondary N) is 1. The van der Waals surface area contributed by atoms with Crippen LogP contribution in [-0.4, -0.2) is 17.4 Å². The van der Waals surface area contributed by atoms with E-state index in [0.717, 1.165) is 19.3 Å². The fourth-order valence-corrected chi connectivity index (χ4v) is 2.00. The van der Waals surface area contributed by atoms with E-state index in [9.17, 15) is 14.9 Å². The summed E-state index contributed by atoms with van der Waals surface area (Å²) in [6.07, 6.45) is 2.99. The van der Waals surface area contributed by atoms with Crippen molar-refractivity contribution in [3.8, 4) is 0 Å². The van der Waals surface area contributed by atoms with Gasteiger partial charge in [-0.15, -0.1) is 0 Å². The van der Waals surface area contributed by atoms with Gasteiger partial charge >= 0.3 is 0 Å². The molecule has 0 aromatic heterocycles. The quantitative estimate of drug-likeness (QED) is 0.473. The molecule has 5 nitrogen and oxygen atoms in total. The number of unbranched alkanes of at least 4 members (excludes halogenated alkanes) is 1. The van der Waals surface area contributed by atoms with Crippen molar-refractivity contribution in [2.75, 3.05) is 6.54 Å². The number of amides is 1. The average molecular weight is 299 g/mol. The number of hydrogen-bond donors (Lipinski definition) is 1. The minimum absolute atomic E-state index is 0.00589. The van der Waals surface area contributed by atoms with Crippen molar-refractivity contribution in [3.05, 3.63) is 38.9 Å². The molecule has 0 aliphatic rings. The van der Waals surface area contributed by atoms with E-state index in [1.165, 1.54) is 18.2 Å². The normalized spacial score (nSPS) is 10.6. The maximum absolute atomic E-state index is 11.9. The third-order valence-electron chi connectivity index (χ3n) is 2.89. The number of carbonyl (C=O) groups excluding carboxylic acids is 1. The van der Waals surface area contributed by atoms with Gasteiger partial charge in [-0.1, -0.05) is 38.3 Å². The largest absolute Gasteiger partial charge is 0.352 e. The van der Waals surface area contributed by atoms with Crippen LogP contribution >= 0.6 is 11.6 Å². The first-order chi connectivity index (χ1) is 9.41. The molecule has 0 radical (unpaired) electrons. The maximum atomic E-state index is 11.9. The smallest absolute Gasteiger partial charge is 0.282 e. The van der Waals surface area contributed by atoms with Crippen molar-refractivity contribution in [1.29, 1.82) is 0 Å². The minimum atomic E-state index is -0.579. The lowest BCUT2D eigenvalue weighted by molar-refractivity contribution is -0.385. The SMILES string of the molecule is CC(C)CCCCNC(=O)c1cc(Cl)ccc1[N+](=O)[O-]. The van der Waals surface area contributed by atoms with Crippen molar-refractivity contribution in [3.63, 3.8) is 0 Å². The number of nitro benzene ring substituents is 1. The summed E-state index contributed by atoms with van der Waals surface area (Å²) in [5.74, 6) is 0.184. The Bertz CT molecular complexity index is 489. The molecule has 0 spiro atoms. The summed E-state index contributed by atoms with van der Waals surface area (Å²) in [6.45, 7) is 4.80. The first-order valence-electron chi connectivity index (χ1n) is 6.64. The summed E-state index contributed by atoms with van der Waals surface area (Å²) in [4.78, 5) is 22.2. The van der Waals surface area contributed by atoms with Crippen LogP contribution in [0.3, 0.4) is 0 Å². The van der Waals surface area contributed by atoms with Crippen molar-refractivity contribution < 1.29 is 9.72 Å². The minimum Gasteiger partial charge on any atom is -0.352 e. The van der Waals surface area contributed by atoms with Gasteiger partial charge in [-0.3, -0.25) is 14.9 Å². The van der Waals surface area contributed by atoms with Gasteiger partial charge in [-0.05, 0) is 24.5 Å². The van der Waals surface area contributed by atoms with E-state index in [1.807, 2.05) is 0 Å². The zero-order chi connectivity index (χ0) is 15.1. The Balaban J connectivity index is 2.59. The number of carbonyl (C=O) groups is 1. The van der Waals surface area contributed by atoms with Crippen molar-refractivity contribution in [1.82, 2.24) is 5.32 Å². The van der Waals surface area contributed by atoms with Gasteiger partial charge in [0.05, 0.1) is 4.92 Å². The Morgan fingerprint density at radius 2 is 2.10 bits per heavy atom. The molecule has 0 atom stereocenters. The first-order valence-corrected chi connectivity index (χ1v) is 7.01. The van der Waals surface area contributed by atoms with E-state index in [-0.39, 0.29) is 11.3 Å². The molecule has 110 valence electrons. The Kier molecular flexibility index (Phi) is 6.45. The summed E-state index contributed by atoms with van der Waals surface area (Å²) in [5.41, 5.74) is -0.222. The van der Waals surface area contributed by atoms with Crippen LogP contribution in [0.25, 0.3) is 0 Å². The Hall–Kier alpha value is -1.62. The molecule has 1 aromatic rings. The van der Waals surface area contributed by atoms with Gasteiger partial charge in [-0.2, -0.15) is 0 Å². The molecule has 0 heterocycles. The van der Waals surface area contributed by atoms with E-state index in [0.29, 0.717) is 17.5 Å². The van der Waals surface area contributed by atoms with Gasteiger partial charge in [0.25, 0.3) is 11.6 Å². The van der Waals surface area contributed by atoms with Gasteiger partial charge in [0.15, 0.2) is 0 Å². The third-order valence-corrected chi connectivity index (χ3v) is 3.13. The molecule has 1 aromatic carbocycles. The predicted octanol–water partition coefficient (Wildman–Crippen LogP) is 3.80. The number of nitrogens with zero attached hydrogens (tertiary/aromatic N) is 1. The van der Waals surface area contributed by atoms with Crippen molar-refractivity contribution in [2.24, 2.45) is 5.92 Å². The van der Waals surface area contributed by atoms with E-state index in [4.69, 9.17) is 11.6 Å². The second kappa shape index (κ2) is 7.85. The first kappa shape index (κ1) is 16.4. The second-order valence-electron chi connectivity index (χ2n) is 5.06. The lowest BCUT2D eigenvalue weighted by Crippen LogP contribution is -2.25. The van der Waals surface area contributed by atoms with E-state index in [1.54, 1.807) is 0 Å². The molecule has 0 aliphatic heterocycles. The second-order valence-corrected chi connectivity index (χ2v) is 5.50. The number of hydrogen-bond acceptors (Lipinski definition) is 3. The van der Waals surface area contributed by atoms with Crippen molar-refractivity contribution >= 4 is 23.2 Å². The lowest BCUT2D eigenvalue weighted by Gasteiger charge is -2.07. The molecular weight excluding hydrogens is 280 g/mol. The number of halogens is 1. The molecular formula is C14H19ClN2O3. The molecule has 20 heavy (non-hydrogen) atoms. The lowest BCUT2D eigenvalue weighted by atomic mass is 10.1. The molecule has 0 bridgehead atoms. The average Bonchev–Trinajstić information content (AvgIpc) is 2.37. The Labute approximate surface area is 123 Å². The molecule has 6 heteroatoms. The molecule has 1 N–H and O–H groups in total. The van der Waals surface area contributed by atoms with Gasteiger partial charge < -0.3 is 5.32 Å². The van der Waals surface area contributed by atoms with E-state index < -0.39 is 10.8 Å². The highest BCUT2D eigenvalue weighted by atomic mass is 35.5. The molecule has 1 amide bonds. The number of nitro groups is 1. The Morgan fingerprint density at radius 1 is 1.40 bits per heavy atom. The highest BCUT2D eigenvalue weighted by molar-refractivity contribution is 6.31. The molecule has 0 saturated heterocycles. The van der Waals surface area contributed by atoms with Crippen molar-refractivity contribution in [2.45, 2.75) is 33.1 Å². The number of benzene rings is 1. The molecule has 0 unspecified atom stereocenters. The molecule has 0 fully saturated rings. The zero-order valence-electron chi connectivity index (χ0n) is 11.7. The number of rotatable bonds is 7. The van der Waals surface area contributed by atoms with Gasteiger partial charge in [0.1, 0.15) is 5.56 Å². The van der Waals surface area contributed by atoms with Gasteiger partial charge in [0, 0.05) is 17.6 Å². The summed E-state index contributed by atoms with van der Waals surface area (Å²) >= 11 is 5.78. The predicted molar refractivity (Wildman–Crippen MR) is 79.1 cm³/mol. The van der Waals surface area contributed by atoms with Gasteiger partial charge in [0.2, 0.25) is 0 Å². The van der Waals surface area contributed by atoms with Gasteiger partial charge in [-0.25, -0.2) is 0 Å². The Morgan fingerprint density at radius 3 is 2.70 bits per heavy atom. The van der Waals surface area contributed by atoms with E-state index >= 15 is 0 Å². The van der Waals surface area contributed by atoms with E-state index in [2.05, 4.69) is 19.2 Å². The molecule has 0 saturated carbocycles. The highest BCUT2D eigenvalue weighted by Gasteiger charge is 2.19. The summed E-state index contributed by atoms with van der Waals surface area (Å²) in [7, 11) is 0. The molecule has 0 aliphatic carbocycles. The third kappa shape index (κ3) is 5.17. The molecule has 1 rings (SSSR count). The van der Waals surface area contributed by atoms with Crippen LogP contribution in [0, 0.1) is 16.0 Å². The maximum Gasteiger partial charge on any atom is 0.282 e.